The number of ether oxygens (including phenoxy) is 1. The van der Waals surface area contributed by atoms with Crippen LogP contribution in [0.5, 0.6) is 0 Å². The number of nitrogens with zero attached hydrogens (tertiary/aromatic N) is 1. The summed E-state index contributed by atoms with van der Waals surface area (Å²) in [6.45, 7) is 5.37. The van der Waals surface area contributed by atoms with E-state index in [9.17, 15) is 8.78 Å². The lowest BCUT2D eigenvalue weighted by atomic mass is 10.0. The van der Waals surface area contributed by atoms with Crippen molar-refractivity contribution in [1.29, 1.82) is 0 Å². The SMILES string of the molecule is CC(C)OCCN(C)C(CN)c1ccc(F)cc1F. The van der Waals surface area contributed by atoms with Gasteiger partial charge in [-0.3, -0.25) is 4.90 Å². The van der Waals surface area contributed by atoms with Crippen molar-refractivity contribution in [3.05, 3.63) is 35.4 Å². The number of hydrogen-bond donors (Lipinski definition) is 1. The lowest BCUT2D eigenvalue weighted by Gasteiger charge is -2.27. The van der Waals surface area contributed by atoms with Crippen LogP contribution in [0, 0.1) is 11.6 Å². The minimum atomic E-state index is -0.581. The predicted molar refractivity (Wildman–Crippen MR) is 71.9 cm³/mol. The Morgan fingerprint density at radius 2 is 2.00 bits per heavy atom. The van der Waals surface area contributed by atoms with Crippen LogP contribution in [0.1, 0.15) is 25.5 Å². The van der Waals surface area contributed by atoms with E-state index in [2.05, 4.69) is 0 Å². The van der Waals surface area contributed by atoms with Crippen LogP contribution in [0.25, 0.3) is 0 Å². The Balaban J connectivity index is 2.70. The molecule has 0 bridgehead atoms. The van der Waals surface area contributed by atoms with E-state index in [4.69, 9.17) is 10.5 Å². The van der Waals surface area contributed by atoms with Crippen LogP contribution < -0.4 is 5.73 Å². The second-order valence-corrected chi connectivity index (χ2v) is 4.82. The van der Waals surface area contributed by atoms with Gasteiger partial charge >= 0.3 is 0 Å². The molecule has 19 heavy (non-hydrogen) atoms. The summed E-state index contributed by atoms with van der Waals surface area (Å²) < 4.78 is 32.1. The molecular formula is C14H22F2N2O. The van der Waals surface area contributed by atoms with Crippen molar-refractivity contribution in [2.45, 2.75) is 26.0 Å². The second-order valence-electron chi connectivity index (χ2n) is 4.82. The normalized spacial score (nSPS) is 13.3. The zero-order chi connectivity index (χ0) is 14.4. The molecule has 0 spiro atoms. The Morgan fingerprint density at radius 3 is 2.53 bits per heavy atom. The van der Waals surface area contributed by atoms with E-state index >= 15 is 0 Å². The first-order valence-corrected chi connectivity index (χ1v) is 6.42. The smallest absolute Gasteiger partial charge is 0.130 e. The van der Waals surface area contributed by atoms with E-state index in [1.54, 1.807) is 0 Å². The third-order valence-electron chi connectivity index (χ3n) is 2.97. The van der Waals surface area contributed by atoms with Crippen molar-refractivity contribution in [3.8, 4) is 0 Å². The molecule has 0 heterocycles. The third-order valence-corrected chi connectivity index (χ3v) is 2.97. The molecule has 0 fully saturated rings. The molecule has 0 aliphatic heterocycles. The average Bonchev–Trinajstić information content (AvgIpc) is 2.32. The van der Waals surface area contributed by atoms with Crippen LogP contribution in [0.15, 0.2) is 18.2 Å². The zero-order valence-electron chi connectivity index (χ0n) is 11.7. The van der Waals surface area contributed by atoms with Crippen molar-refractivity contribution < 1.29 is 13.5 Å². The number of rotatable bonds is 7. The molecule has 5 heteroatoms. The van der Waals surface area contributed by atoms with Gasteiger partial charge in [-0.25, -0.2) is 8.78 Å². The summed E-state index contributed by atoms with van der Waals surface area (Å²) in [5.74, 6) is -1.14. The van der Waals surface area contributed by atoms with Gasteiger partial charge in [0.2, 0.25) is 0 Å². The molecule has 1 aromatic carbocycles. The second kappa shape index (κ2) is 7.53. The third kappa shape index (κ3) is 4.86. The fourth-order valence-electron chi connectivity index (χ4n) is 1.90. The number of halogens is 2. The van der Waals surface area contributed by atoms with Crippen molar-refractivity contribution >= 4 is 0 Å². The molecule has 0 radical (unpaired) electrons. The molecule has 0 amide bonds. The Morgan fingerprint density at radius 1 is 1.32 bits per heavy atom. The number of nitrogens with two attached hydrogens (primary N) is 1. The predicted octanol–water partition coefficient (Wildman–Crippen LogP) is 2.32. The van der Waals surface area contributed by atoms with Gasteiger partial charge in [-0.15, -0.1) is 0 Å². The number of likely N-dealkylation sites (N-methyl/N-ethyl adjacent to an activating group) is 1. The van der Waals surface area contributed by atoms with Crippen molar-refractivity contribution in [2.24, 2.45) is 5.73 Å². The van der Waals surface area contributed by atoms with E-state index in [0.717, 1.165) is 6.07 Å². The van der Waals surface area contributed by atoms with Crippen LogP contribution in [0.2, 0.25) is 0 Å². The van der Waals surface area contributed by atoms with Gasteiger partial charge in [0.15, 0.2) is 0 Å². The zero-order valence-corrected chi connectivity index (χ0v) is 11.7. The fourth-order valence-corrected chi connectivity index (χ4v) is 1.90. The molecule has 0 saturated heterocycles. The van der Waals surface area contributed by atoms with Crippen LogP contribution in [-0.4, -0.2) is 37.7 Å². The minimum absolute atomic E-state index is 0.160. The van der Waals surface area contributed by atoms with Crippen molar-refractivity contribution in [1.82, 2.24) is 4.90 Å². The van der Waals surface area contributed by atoms with E-state index in [-0.39, 0.29) is 18.7 Å². The maximum absolute atomic E-state index is 13.7. The minimum Gasteiger partial charge on any atom is -0.377 e. The summed E-state index contributed by atoms with van der Waals surface area (Å²) in [6, 6.07) is 3.30. The molecule has 0 saturated carbocycles. The molecule has 1 atom stereocenters. The maximum Gasteiger partial charge on any atom is 0.130 e. The van der Waals surface area contributed by atoms with Gasteiger partial charge in [0, 0.05) is 30.8 Å². The molecule has 1 unspecified atom stereocenters. The lowest BCUT2D eigenvalue weighted by Crippen LogP contribution is -2.34. The first kappa shape index (κ1) is 16.0. The van der Waals surface area contributed by atoms with Crippen LogP contribution in [0.4, 0.5) is 8.78 Å². The van der Waals surface area contributed by atoms with E-state index in [1.807, 2.05) is 25.8 Å². The Kier molecular flexibility index (Phi) is 6.34. The molecular weight excluding hydrogens is 250 g/mol. The summed E-state index contributed by atoms with van der Waals surface area (Å²) in [5, 5.41) is 0. The molecule has 0 aromatic heterocycles. The van der Waals surface area contributed by atoms with Crippen LogP contribution >= 0.6 is 0 Å². The highest BCUT2D eigenvalue weighted by Gasteiger charge is 2.19. The lowest BCUT2D eigenvalue weighted by molar-refractivity contribution is 0.0561. The largest absolute Gasteiger partial charge is 0.377 e. The fraction of sp³-hybridized carbons (Fsp3) is 0.571. The molecule has 0 aliphatic rings. The Bertz CT molecular complexity index is 399. The van der Waals surface area contributed by atoms with Gasteiger partial charge in [-0.05, 0) is 27.0 Å². The van der Waals surface area contributed by atoms with Crippen LogP contribution in [0.3, 0.4) is 0 Å². The van der Waals surface area contributed by atoms with E-state index < -0.39 is 11.6 Å². The quantitative estimate of drug-likeness (QED) is 0.828. The van der Waals surface area contributed by atoms with Crippen molar-refractivity contribution in [3.63, 3.8) is 0 Å². The first-order valence-electron chi connectivity index (χ1n) is 6.42. The topological polar surface area (TPSA) is 38.5 Å². The Hall–Kier alpha value is -1.04. The number of benzene rings is 1. The van der Waals surface area contributed by atoms with Gasteiger partial charge < -0.3 is 10.5 Å². The number of hydrogen-bond acceptors (Lipinski definition) is 3. The van der Waals surface area contributed by atoms with Gasteiger partial charge in [0.1, 0.15) is 11.6 Å². The summed E-state index contributed by atoms with van der Waals surface area (Å²) in [7, 11) is 1.85. The van der Waals surface area contributed by atoms with Gasteiger partial charge in [0.05, 0.1) is 12.7 Å². The molecule has 1 rings (SSSR count). The highest BCUT2D eigenvalue weighted by Crippen LogP contribution is 2.22. The summed E-state index contributed by atoms with van der Waals surface area (Å²) in [5.41, 5.74) is 6.11. The monoisotopic (exact) mass is 272 g/mol. The molecule has 1 aromatic rings. The van der Waals surface area contributed by atoms with Crippen LogP contribution in [-0.2, 0) is 4.74 Å². The summed E-state index contributed by atoms with van der Waals surface area (Å²) in [6.07, 6.45) is 0.160. The first-order chi connectivity index (χ1) is 8.95. The molecule has 108 valence electrons. The summed E-state index contributed by atoms with van der Waals surface area (Å²) >= 11 is 0. The average molecular weight is 272 g/mol. The van der Waals surface area contributed by atoms with E-state index in [1.165, 1.54) is 12.1 Å². The highest BCUT2D eigenvalue weighted by atomic mass is 19.1. The van der Waals surface area contributed by atoms with Crippen molar-refractivity contribution in [2.75, 3.05) is 26.7 Å². The highest BCUT2D eigenvalue weighted by molar-refractivity contribution is 5.22. The molecule has 3 nitrogen and oxygen atoms in total. The standard InChI is InChI=1S/C14H22F2N2O/c1-10(2)19-7-6-18(3)14(9-17)12-5-4-11(15)8-13(12)16/h4-5,8,10,14H,6-7,9,17H2,1-3H3. The Labute approximate surface area is 113 Å². The van der Waals surface area contributed by atoms with Gasteiger partial charge in [0.25, 0.3) is 0 Å². The maximum atomic E-state index is 13.7. The van der Waals surface area contributed by atoms with Gasteiger partial charge in [-0.1, -0.05) is 6.07 Å². The molecule has 2 N–H and O–H groups in total. The van der Waals surface area contributed by atoms with E-state index in [0.29, 0.717) is 18.7 Å². The summed E-state index contributed by atoms with van der Waals surface area (Å²) in [4.78, 5) is 1.92. The van der Waals surface area contributed by atoms with Gasteiger partial charge in [-0.2, -0.15) is 0 Å². The molecule has 0 aliphatic carbocycles.